The van der Waals surface area contributed by atoms with Crippen molar-refractivity contribution in [3.8, 4) is 0 Å². The fraction of sp³-hybridized carbons (Fsp3) is 0.385. The highest BCUT2D eigenvalue weighted by Crippen LogP contribution is 2.34. The molecular weight excluding hydrogens is 244 g/mol. The summed E-state index contributed by atoms with van der Waals surface area (Å²) in [6.07, 6.45) is 4.69. The minimum Gasteiger partial charge on any atom is -0.348 e. The zero-order valence-electron chi connectivity index (χ0n) is 10.3. The number of anilines is 1. The van der Waals surface area contributed by atoms with Crippen LogP contribution in [0.25, 0.3) is 0 Å². The zero-order chi connectivity index (χ0) is 12.5. The lowest BCUT2D eigenvalue weighted by Crippen LogP contribution is -2.33. The number of hydrogen-bond acceptors (Lipinski definition) is 5. The highest BCUT2D eigenvalue weighted by molar-refractivity contribution is 7.10. The van der Waals surface area contributed by atoms with Gasteiger partial charge in [-0.15, -0.1) is 11.3 Å². The maximum atomic E-state index is 5.54. The molecular formula is C13H16N4S. The number of aromatic nitrogens is 2. The van der Waals surface area contributed by atoms with Crippen LogP contribution in [0.4, 0.5) is 5.82 Å². The van der Waals surface area contributed by atoms with E-state index in [2.05, 4.69) is 33.2 Å². The molecule has 18 heavy (non-hydrogen) atoms. The first-order valence-corrected chi connectivity index (χ1v) is 7.01. The van der Waals surface area contributed by atoms with E-state index >= 15 is 0 Å². The highest BCUT2D eigenvalue weighted by atomic mass is 32.1. The summed E-state index contributed by atoms with van der Waals surface area (Å²) < 4.78 is 0. The summed E-state index contributed by atoms with van der Waals surface area (Å²) in [4.78, 5) is 12.6. The average Bonchev–Trinajstić information content (AvgIpc) is 2.89. The molecule has 2 aromatic heterocycles. The summed E-state index contributed by atoms with van der Waals surface area (Å²) in [7, 11) is 0. The van der Waals surface area contributed by atoms with Crippen molar-refractivity contribution in [3.63, 3.8) is 0 Å². The molecule has 0 saturated carbocycles. The molecule has 0 fully saturated rings. The maximum absolute atomic E-state index is 5.54. The number of fused-ring (bicyclic) bond motifs is 1. The van der Waals surface area contributed by atoms with E-state index in [0.717, 1.165) is 24.5 Å². The lowest BCUT2D eigenvalue weighted by Gasteiger charge is -2.34. The van der Waals surface area contributed by atoms with Gasteiger partial charge in [0.2, 0.25) is 0 Å². The van der Waals surface area contributed by atoms with E-state index in [9.17, 15) is 0 Å². The van der Waals surface area contributed by atoms with E-state index in [1.54, 1.807) is 6.20 Å². The molecule has 1 unspecified atom stereocenters. The molecule has 0 radical (unpaired) electrons. The van der Waals surface area contributed by atoms with E-state index in [4.69, 9.17) is 5.73 Å². The lowest BCUT2D eigenvalue weighted by atomic mass is 10.0. The van der Waals surface area contributed by atoms with Gasteiger partial charge in [0.05, 0.1) is 24.1 Å². The Morgan fingerprint density at radius 1 is 1.44 bits per heavy atom. The van der Waals surface area contributed by atoms with Crippen molar-refractivity contribution in [2.45, 2.75) is 25.9 Å². The third-order valence-corrected chi connectivity index (χ3v) is 4.47. The predicted molar refractivity (Wildman–Crippen MR) is 73.7 cm³/mol. The molecule has 1 aliphatic heterocycles. The molecule has 0 aromatic carbocycles. The zero-order valence-corrected chi connectivity index (χ0v) is 11.2. The Morgan fingerprint density at radius 2 is 2.33 bits per heavy atom. The van der Waals surface area contributed by atoms with Crippen LogP contribution in [0.3, 0.4) is 0 Å². The monoisotopic (exact) mass is 260 g/mol. The molecule has 5 heteroatoms. The third-order valence-electron chi connectivity index (χ3n) is 3.47. The van der Waals surface area contributed by atoms with Crippen LogP contribution >= 0.6 is 11.3 Å². The van der Waals surface area contributed by atoms with Crippen molar-refractivity contribution in [2.75, 3.05) is 11.4 Å². The Bertz CT molecular complexity index is 534. The molecule has 0 bridgehead atoms. The van der Waals surface area contributed by atoms with Crippen LogP contribution in [0.5, 0.6) is 0 Å². The highest BCUT2D eigenvalue weighted by Gasteiger charge is 2.25. The topological polar surface area (TPSA) is 55.0 Å². The minimum atomic E-state index is 0.373. The van der Waals surface area contributed by atoms with Gasteiger partial charge in [0.1, 0.15) is 5.82 Å². The van der Waals surface area contributed by atoms with Gasteiger partial charge in [0.15, 0.2) is 0 Å². The summed E-state index contributed by atoms with van der Waals surface area (Å²) >= 11 is 1.85. The number of hydrogen-bond donors (Lipinski definition) is 1. The number of rotatable bonds is 2. The largest absolute Gasteiger partial charge is 0.348 e. The first kappa shape index (κ1) is 11.6. The van der Waals surface area contributed by atoms with E-state index in [-0.39, 0.29) is 0 Å². The van der Waals surface area contributed by atoms with Gasteiger partial charge in [0, 0.05) is 18.0 Å². The van der Waals surface area contributed by atoms with Crippen LogP contribution in [0.2, 0.25) is 0 Å². The third kappa shape index (κ3) is 1.89. The van der Waals surface area contributed by atoms with Crippen LogP contribution in [0.1, 0.15) is 29.1 Å². The first-order chi connectivity index (χ1) is 8.79. The van der Waals surface area contributed by atoms with Crippen molar-refractivity contribution in [1.29, 1.82) is 0 Å². The molecule has 3 rings (SSSR count). The Labute approximate surface area is 110 Å². The predicted octanol–water partition coefficient (Wildman–Crippen LogP) is 2.12. The van der Waals surface area contributed by atoms with E-state index in [1.165, 1.54) is 10.4 Å². The van der Waals surface area contributed by atoms with Gasteiger partial charge in [-0.3, -0.25) is 4.98 Å². The molecule has 94 valence electrons. The fourth-order valence-electron chi connectivity index (χ4n) is 2.42. The standard InChI is InChI=1S/C13H16N4S/c1-9-11-3-5-18-12(11)2-4-17(9)13-8-15-10(6-14)7-16-13/h3,5,7-9H,2,4,6,14H2,1H3. The van der Waals surface area contributed by atoms with Gasteiger partial charge in [0.25, 0.3) is 0 Å². The van der Waals surface area contributed by atoms with Crippen LogP contribution in [-0.4, -0.2) is 16.5 Å². The van der Waals surface area contributed by atoms with Crippen LogP contribution in [0.15, 0.2) is 23.8 Å². The van der Waals surface area contributed by atoms with Gasteiger partial charge >= 0.3 is 0 Å². The van der Waals surface area contributed by atoms with E-state index in [0.29, 0.717) is 12.6 Å². The SMILES string of the molecule is CC1c2ccsc2CCN1c1cnc(CN)cn1. The summed E-state index contributed by atoms with van der Waals surface area (Å²) in [6, 6.07) is 2.59. The molecule has 1 atom stereocenters. The molecule has 4 nitrogen and oxygen atoms in total. The Kier molecular flexibility index (Phi) is 3.01. The maximum Gasteiger partial charge on any atom is 0.147 e. The van der Waals surface area contributed by atoms with E-state index in [1.807, 2.05) is 17.5 Å². The van der Waals surface area contributed by atoms with Crippen molar-refractivity contribution < 1.29 is 0 Å². The molecule has 0 spiro atoms. The Morgan fingerprint density at radius 3 is 3.06 bits per heavy atom. The average molecular weight is 260 g/mol. The van der Waals surface area contributed by atoms with E-state index < -0.39 is 0 Å². The van der Waals surface area contributed by atoms with Crippen molar-refractivity contribution in [2.24, 2.45) is 5.73 Å². The molecule has 2 N–H and O–H groups in total. The number of thiophene rings is 1. The Hall–Kier alpha value is -1.46. The lowest BCUT2D eigenvalue weighted by molar-refractivity contribution is 0.623. The van der Waals surface area contributed by atoms with Gasteiger partial charge in [-0.05, 0) is 30.4 Å². The van der Waals surface area contributed by atoms with Gasteiger partial charge in [-0.1, -0.05) is 0 Å². The number of nitrogens with zero attached hydrogens (tertiary/aromatic N) is 3. The van der Waals surface area contributed by atoms with Crippen LogP contribution in [0, 0.1) is 0 Å². The summed E-state index contributed by atoms with van der Waals surface area (Å²) in [5.74, 6) is 0.941. The molecule has 0 amide bonds. The van der Waals surface area contributed by atoms with Crippen molar-refractivity contribution >= 4 is 17.2 Å². The molecule has 1 aliphatic rings. The second-order valence-corrected chi connectivity index (χ2v) is 5.49. The molecule has 2 aromatic rings. The normalized spacial score (nSPS) is 18.8. The summed E-state index contributed by atoms with van der Waals surface area (Å²) in [5.41, 5.74) is 7.80. The molecule has 0 saturated heterocycles. The van der Waals surface area contributed by atoms with Gasteiger partial charge in [-0.2, -0.15) is 0 Å². The smallest absolute Gasteiger partial charge is 0.147 e. The van der Waals surface area contributed by atoms with Crippen LogP contribution < -0.4 is 10.6 Å². The second-order valence-electron chi connectivity index (χ2n) is 4.49. The second kappa shape index (κ2) is 4.66. The van der Waals surface area contributed by atoms with Gasteiger partial charge < -0.3 is 10.6 Å². The summed E-state index contributed by atoms with van der Waals surface area (Å²) in [5, 5.41) is 2.17. The molecule has 3 heterocycles. The minimum absolute atomic E-state index is 0.373. The van der Waals surface area contributed by atoms with Crippen LogP contribution in [-0.2, 0) is 13.0 Å². The van der Waals surface area contributed by atoms with Crippen molar-refractivity contribution in [1.82, 2.24) is 9.97 Å². The Balaban J connectivity index is 1.89. The van der Waals surface area contributed by atoms with Crippen molar-refractivity contribution in [3.05, 3.63) is 40.0 Å². The number of nitrogens with two attached hydrogens (primary N) is 1. The summed E-state index contributed by atoms with van der Waals surface area (Å²) in [6.45, 7) is 3.67. The first-order valence-electron chi connectivity index (χ1n) is 6.13. The quantitative estimate of drug-likeness (QED) is 0.898. The fourth-order valence-corrected chi connectivity index (χ4v) is 3.39. The van der Waals surface area contributed by atoms with Gasteiger partial charge in [-0.25, -0.2) is 4.98 Å². The molecule has 0 aliphatic carbocycles.